The summed E-state index contributed by atoms with van der Waals surface area (Å²) in [7, 11) is 0. The summed E-state index contributed by atoms with van der Waals surface area (Å²) in [5.41, 5.74) is 0.365. The zero-order valence-corrected chi connectivity index (χ0v) is 14.5. The SMILES string of the molecule is CC(C)(C)N1C[C@H]2CN(CCCN3CCCCC3)C[C@H]2C1. The normalized spacial score (nSPS) is 32.7. The lowest BCUT2D eigenvalue weighted by Crippen LogP contribution is -2.41. The van der Waals surface area contributed by atoms with Crippen LogP contribution in [0.5, 0.6) is 0 Å². The Balaban J connectivity index is 1.35. The first-order valence-corrected chi connectivity index (χ1v) is 9.22. The van der Waals surface area contributed by atoms with Crippen LogP contribution < -0.4 is 0 Å². The zero-order chi connectivity index (χ0) is 14.9. The van der Waals surface area contributed by atoms with E-state index >= 15 is 0 Å². The van der Waals surface area contributed by atoms with Gasteiger partial charge in [-0.15, -0.1) is 0 Å². The zero-order valence-electron chi connectivity index (χ0n) is 14.5. The quantitative estimate of drug-likeness (QED) is 0.788. The van der Waals surface area contributed by atoms with Crippen molar-refractivity contribution in [3.63, 3.8) is 0 Å². The van der Waals surface area contributed by atoms with Crippen molar-refractivity contribution in [2.75, 3.05) is 52.4 Å². The molecular weight excluding hydrogens is 258 g/mol. The van der Waals surface area contributed by atoms with Gasteiger partial charge in [-0.05, 0) is 78.0 Å². The second kappa shape index (κ2) is 6.55. The Kier molecular flexibility index (Phi) is 4.92. The van der Waals surface area contributed by atoms with Gasteiger partial charge in [-0.2, -0.15) is 0 Å². The third-order valence-corrected chi connectivity index (χ3v) is 5.91. The van der Waals surface area contributed by atoms with Gasteiger partial charge in [0.05, 0.1) is 0 Å². The highest BCUT2D eigenvalue weighted by Crippen LogP contribution is 2.34. The van der Waals surface area contributed by atoms with Crippen molar-refractivity contribution in [2.24, 2.45) is 11.8 Å². The summed E-state index contributed by atoms with van der Waals surface area (Å²) in [6.45, 7) is 17.8. The monoisotopic (exact) mass is 293 g/mol. The Morgan fingerprint density at radius 3 is 1.90 bits per heavy atom. The van der Waals surface area contributed by atoms with Crippen LogP contribution in [0.3, 0.4) is 0 Å². The van der Waals surface area contributed by atoms with Crippen LogP contribution in [0.25, 0.3) is 0 Å². The van der Waals surface area contributed by atoms with Crippen molar-refractivity contribution in [3.8, 4) is 0 Å². The molecule has 0 radical (unpaired) electrons. The molecule has 0 spiro atoms. The number of hydrogen-bond donors (Lipinski definition) is 0. The van der Waals surface area contributed by atoms with Gasteiger partial charge in [0, 0.05) is 31.7 Å². The first-order chi connectivity index (χ1) is 10.0. The van der Waals surface area contributed by atoms with Gasteiger partial charge >= 0.3 is 0 Å². The molecule has 0 aromatic carbocycles. The van der Waals surface area contributed by atoms with Crippen molar-refractivity contribution >= 4 is 0 Å². The van der Waals surface area contributed by atoms with Crippen molar-refractivity contribution in [1.82, 2.24) is 14.7 Å². The lowest BCUT2D eigenvalue weighted by atomic mass is 10.0. The maximum Gasteiger partial charge on any atom is 0.0125 e. The molecule has 0 aromatic rings. The molecule has 0 bridgehead atoms. The van der Waals surface area contributed by atoms with Gasteiger partial charge in [-0.3, -0.25) is 4.90 Å². The van der Waals surface area contributed by atoms with Gasteiger partial charge < -0.3 is 9.80 Å². The van der Waals surface area contributed by atoms with Gasteiger partial charge in [-0.1, -0.05) is 6.42 Å². The molecule has 3 rings (SSSR count). The molecule has 3 heteroatoms. The van der Waals surface area contributed by atoms with E-state index in [9.17, 15) is 0 Å². The number of piperidine rings is 1. The van der Waals surface area contributed by atoms with Crippen LogP contribution in [-0.4, -0.2) is 72.6 Å². The smallest absolute Gasteiger partial charge is 0.0125 e. The lowest BCUT2D eigenvalue weighted by molar-refractivity contribution is 0.147. The van der Waals surface area contributed by atoms with Crippen molar-refractivity contribution in [3.05, 3.63) is 0 Å². The number of fused-ring (bicyclic) bond motifs is 1. The van der Waals surface area contributed by atoms with E-state index in [0.717, 1.165) is 11.8 Å². The van der Waals surface area contributed by atoms with E-state index < -0.39 is 0 Å². The van der Waals surface area contributed by atoms with Crippen LogP contribution in [0.15, 0.2) is 0 Å². The predicted molar refractivity (Wildman–Crippen MR) is 89.7 cm³/mol. The summed E-state index contributed by atoms with van der Waals surface area (Å²) in [6.07, 6.45) is 5.69. The van der Waals surface area contributed by atoms with Crippen LogP contribution in [0.4, 0.5) is 0 Å². The molecule has 0 aliphatic carbocycles. The summed E-state index contributed by atoms with van der Waals surface area (Å²) in [5.74, 6) is 1.89. The molecule has 0 amide bonds. The number of likely N-dealkylation sites (tertiary alicyclic amines) is 3. The molecule has 0 aromatic heterocycles. The highest BCUT2D eigenvalue weighted by Gasteiger charge is 2.42. The van der Waals surface area contributed by atoms with E-state index in [1.54, 1.807) is 0 Å². The minimum atomic E-state index is 0.365. The van der Waals surface area contributed by atoms with Crippen molar-refractivity contribution in [1.29, 1.82) is 0 Å². The Labute approximate surface area is 131 Å². The van der Waals surface area contributed by atoms with Crippen molar-refractivity contribution < 1.29 is 0 Å². The van der Waals surface area contributed by atoms with Gasteiger partial charge in [-0.25, -0.2) is 0 Å². The van der Waals surface area contributed by atoms with E-state index in [4.69, 9.17) is 0 Å². The Morgan fingerprint density at radius 1 is 0.762 bits per heavy atom. The molecule has 122 valence electrons. The summed E-state index contributed by atoms with van der Waals surface area (Å²) in [4.78, 5) is 8.13. The van der Waals surface area contributed by atoms with Crippen LogP contribution in [-0.2, 0) is 0 Å². The van der Waals surface area contributed by atoms with Crippen LogP contribution in [0.2, 0.25) is 0 Å². The Bertz CT molecular complexity index is 316. The molecule has 21 heavy (non-hydrogen) atoms. The van der Waals surface area contributed by atoms with Crippen LogP contribution in [0, 0.1) is 11.8 Å². The lowest BCUT2D eigenvalue weighted by Gasteiger charge is -2.33. The fourth-order valence-electron chi connectivity index (χ4n) is 4.52. The van der Waals surface area contributed by atoms with Crippen LogP contribution in [0.1, 0.15) is 46.5 Å². The fourth-order valence-corrected chi connectivity index (χ4v) is 4.52. The van der Waals surface area contributed by atoms with E-state index in [1.807, 2.05) is 0 Å². The largest absolute Gasteiger partial charge is 0.303 e. The molecule has 3 fully saturated rings. The maximum atomic E-state index is 2.75. The molecule has 3 heterocycles. The second-order valence-electron chi connectivity index (χ2n) is 8.61. The third-order valence-electron chi connectivity index (χ3n) is 5.91. The second-order valence-corrected chi connectivity index (χ2v) is 8.61. The molecule has 0 N–H and O–H groups in total. The average molecular weight is 293 g/mol. The molecule has 2 atom stereocenters. The number of hydrogen-bond acceptors (Lipinski definition) is 3. The summed E-state index contributed by atoms with van der Waals surface area (Å²) in [6, 6.07) is 0. The minimum absolute atomic E-state index is 0.365. The van der Waals surface area contributed by atoms with Gasteiger partial charge in [0.1, 0.15) is 0 Å². The molecule has 3 aliphatic rings. The van der Waals surface area contributed by atoms with Crippen molar-refractivity contribution in [2.45, 2.75) is 52.0 Å². The first-order valence-electron chi connectivity index (χ1n) is 9.22. The average Bonchev–Trinajstić information content (AvgIpc) is 2.97. The molecule has 3 aliphatic heterocycles. The highest BCUT2D eigenvalue weighted by atomic mass is 15.3. The summed E-state index contributed by atoms with van der Waals surface area (Å²) >= 11 is 0. The van der Waals surface area contributed by atoms with E-state index in [2.05, 4.69) is 35.5 Å². The summed E-state index contributed by atoms with van der Waals surface area (Å²) in [5, 5.41) is 0. The standard InChI is InChI=1S/C18H35N3/c1-18(2,3)21-14-16-12-20(13-17(16)15-21)11-7-10-19-8-5-4-6-9-19/h16-17H,4-15H2,1-3H3/t16-,17+. The number of rotatable bonds is 4. The summed E-state index contributed by atoms with van der Waals surface area (Å²) < 4.78 is 0. The van der Waals surface area contributed by atoms with Gasteiger partial charge in [0.2, 0.25) is 0 Å². The topological polar surface area (TPSA) is 9.72 Å². The van der Waals surface area contributed by atoms with E-state index in [-0.39, 0.29) is 0 Å². The van der Waals surface area contributed by atoms with Gasteiger partial charge in [0.15, 0.2) is 0 Å². The Hall–Kier alpha value is -0.120. The predicted octanol–water partition coefficient (Wildman–Crippen LogP) is 2.52. The Morgan fingerprint density at radius 2 is 1.33 bits per heavy atom. The van der Waals surface area contributed by atoms with E-state index in [1.165, 1.54) is 78.0 Å². The molecule has 0 unspecified atom stereocenters. The maximum absolute atomic E-state index is 2.75. The molecule has 3 saturated heterocycles. The third kappa shape index (κ3) is 4.00. The highest BCUT2D eigenvalue weighted by molar-refractivity contribution is 4.96. The fraction of sp³-hybridized carbons (Fsp3) is 1.00. The minimum Gasteiger partial charge on any atom is -0.303 e. The number of nitrogens with zero attached hydrogens (tertiary/aromatic N) is 3. The van der Waals surface area contributed by atoms with E-state index in [0.29, 0.717) is 5.54 Å². The molecule has 3 nitrogen and oxygen atoms in total. The molecule has 0 saturated carbocycles. The molecular formula is C18H35N3. The van der Waals surface area contributed by atoms with Gasteiger partial charge in [0.25, 0.3) is 0 Å². The first kappa shape index (κ1) is 15.8. The van der Waals surface area contributed by atoms with Crippen LogP contribution >= 0.6 is 0 Å².